The normalized spacial score (nSPS) is 11.8. The van der Waals surface area contributed by atoms with Gasteiger partial charge in [-0.3, -0.25) is 10.1 Å². The largest absolute Gasteiger partial charge is 0.479 e. The Hall–Kier alpha value is -2.08. The number of nitrogens with zero attached hydrogens (tertiary/aromatic N) is 1. The Kier molecular flexibility index (Phi) is 5.81. The van der Waals surface area contributed by atoms with Crippen molar-refractivity contribution in [2.45, 2.75) is 20.0 Å². The fourth-order valence-corrected chi connectivity index (χ4v) is 3.39. The molecule has 0 fully saturated rings. The maximum atomic E-state index is 12.3. The van der Waals surface area contributed by atoms with Gasteiger partial charge in [0.1, 0.15) is 5.75 Å². The topological polar surface area (TPSA) is 51.2 Å². The highest BCUT2D eigenvalue weighted by Gasteiger charge is 2.18. The fraction of sp³-hybridized carbons (Fsp3) is 0.158. The third-order valence-corrected chi connectivity index (χ3v) is 4.94. The molecule has 0 saturated carbocycles. The van der Waals surface area contributed by atoms with Gasteiger partial charge in [-0.25, -0.2) is 4.98 Å². The summed E-state index contributed by atoms with van der Waals surface area (Å²) in [4.78, 5) is 16.8. The zero-order valence-electron chi connectivity index (χ0n) is 14.1. The number of carbonyl (C=O) groups excluding carboxylic acids is 1. The molecule has 0 aliphatic heterocycles. The molecule has 1 N–H and O–H groups in total. The molecule has 2 aromatic carbocycles. The lowest BCUT2D eigenvalue weighted by Crippen LogP contribution is -2.30. The molecule has 1 aromatic heterocycles. The minimum Gasteiger partial charge on any atom is -0.479 e. The van der Waals surface area contributed by atoms with Crippen molar-refractivity contribution >= 4 is 45.6 Å². The molecule has 0 aliphatic carbocycles. The van der Waals surface area contributed by atoms with Gasteiger partial charge in [0.25, 0.3) is 5.91 Å². The van der Waals surface area contributed by atoms with E-state index in [1.807, 2.05) is 36.6 Å². The van der Waals surface area contributed by atoms with Crippen LogP contribution >= 0.6 is 34.5 Å². The number of halogens is 2. The summed E-state index contributed by atoms with van der Waals surface area (Å²) in [5, 5.41) is 6.05. The Balaban J connectivity index is 1.65. The molecule has 1 unspecified atom stereocenters. The van der Waals surface area contributed by atoms with Crippen LogP contribution in [-0.2, 0) is 4.79 Å². The molecule has 4 nitrogen and oxygen atoms in total. The zero-order chi connectivity index (χ0) is 18.7. The van der Waals surface area contributed by atoms with Crippen molar-refractivity contribution in [1.82, 2.24) is 4.98 Å². The Morgan fingerprint density at radius 3 is 2.62 bits per heavy atom. The number of hydrogen-bond acceptors (Lipinski definition) is 4. The molecule has 0 spiro atoms. The number of benzene rings is 2. The number of aryl methyl sites for hydroxylation is 1. The SMILES string of the molecule is Cc1ccc(-c2csc(NC(=O)C(C)Oc3ccc(Cl)cc3Cl)n2)cc1. The number of rotatable bonds is 5. The van der Waals surface area contributed by atoms with Crippen LogP contribution in [0, 0.1) is 6.92 Å². The van der Waals surface area contributed by atoms with Crippen LogP contribution in [0.5, 0.6) is 5.75 Å². The van der Waals surface area contributed by atoms with Gasteiger partial charge in [-0.2, -0.15) is 0 Å². The van der Waals surface area contributed by atoms with E-state index < -0.39 is 6.10 Å². The second kappa shape index (κ2) is 8.08. The van der Waals surface area contributed by atoms with E-state index in [1.54, 1.807) is 25.1 Å². The lowest BCUT2D eigenvalue weighted by Gasteiger charge is -2.14. The third-order valence-electron chi connectivity index (χ3n) is 3.65. The van der Waals surface area contributed by atoms with Gasteiger partial charge in [0.2, 0.25) is 0 Å². The minimum atomic E-state index is -0.736. The van der Waals surface area contributed by atoms with Crippen molar-refractivity contribution < 1.29 is 9.53 Å². The van der Waals surface area contributed by atoms with Crippen molar-refractivity contribution in [1.29, 1.82) is 0 Å². The first-order valence-corrected chi connectivity index (χ1v) is 9.51. The molecule has 3 aromatic rings. The quantitative estimate of drug-likeness (QED) is 0.579. The molecule has 0 aliphatic rings. The third kappa shape index (κ3) is 4.55. The number of nitrogens with one attached hydrogen (secondary N) is 1. The Bertz CT molecular complexity index is 926. The predicted molar refractivity (Wildman–Crippen MR) is 107 cm³/mol. The lowest BCUT2D eigenvalue weighted by molar-refractivity contribution is -0.122. The van der Waals surface area contributed by atoms with Crippen LogP contribution in [-0.4, -0.2) is 17.0 Å². The van der Waals surface area contributed by atoms with E-state index in [2.05, 4.69) is 10.3 Å². The van der Waals surface area contributed by atoms with Crippen molar-refractivity contribution in [3.05, 3.63) is 63.5 Å². The maximum absolute atomic E-state index is 12.3. The Morgan fingerprint density at radius 2 is 1.92 bits per heavy atom. The molecule has 1 atom stereocenters. The first-order chi connectivity index (χ1) is 12.4. The Morgan fingerprint density at radius 1 is 1.19 bits per heavy atom. The van der Waals surface area contributed by atoms with E-state index in [-0.39, 0.29) is 5.91 Å². The molecule has 0 bridgehead atoms. The van der Waals surface area contributed by atoms with Gasteiger partial charge in [-0.15, -0.1) is 11.3 Å². The first kappa shape index (κ1) is 18.7. The summed E-state index contributed by atoms with van der Waals surface area (Å²) in [6, 6.07) is 12.9. The van der Waals surface area contributed by atoms with Gasteiger partial charge in [-0.05, 0) is 32.0 Å². The predicted octanol–water partition coefficient (Wildman–Crippen LogP) is 5.83. The molecule has 0 saturated heterocycles. The van der Waals surface area contributed by atoms with Crippen LogP contribution in [0.2, 0.25) is 10.0 Å². The summed E-state index contributed by atoms with van der Waals surface area (Å²) < 4.78 is 5.61. The van der Waals surface area contributed by atoms with Crippen LogP contribution in [0.1, 0.15) is 12.5 Å². The van der Waals surface area contributed by atoms with E-state index in [9.17, 15) is 4.79 Å². The Labute approximate surface area is 165 Å². The summed E-state index contributed by atoms with van der Waals surface area (Å²) >= 11 is 13.3. The molecule has 0 radical (unpaired) electrons. The van der Waals surface area contributed by atoms with Crippen LogP contribution in [0.4, 0.5) is 5.13 Å². The summed E-state index contributed by atoms with van der Waals surface area (Å²) in [6.07, 6.45) is -0.736. The van der Waals surface area contributed by atoms with Crippen molar-refractivity contribution in [2.75, 3.05) is 5.32 Å². The number of amides is 1. The van der Waals surface area contributed by atoms with Crippen molar-refractivity contribution in [2.24, 2.45) is 0 Å². The van der Waals surface area contributed by atoms with Crippen LogP contribution in [0.3, 0.4) is 0 Å². The van der Waals surface area contributed by atoms with Gasteiger partial charge in [-0.1, -0.05) is 53.0 Å². The fourth-order valence-electron chi connectivity index (χ4n) is 2.21. The van der Waals surface area contributed by atoms with Gasteiger partial charge in [0.05, 0.1) is 10.7 Å². The number of thiazole rings is 1. The maximum Gasteiger partial charge on any atom is 0.266 e. The molecule has 1 heterocycles. The van der Waals surface area contributed by atoms with Gasteiger partial charge < -0.3 is 4.74 Å². The summed E-state index contributed by atoms with van der Waals surface area (Å²) in [6.45, 7) is 3.68. The monoisotopic (exact) mass is 406 g/mol. The molecule has 1 amide bonds. The van der Waals surface area contributed by atoms with Gasteiger partial charge in [0, 0.05) is 16.0 Å². The molecule has 26 heavy (non-hydrogen) atoms. The number of hydrogen-bond donors (Lipinski definition) is 1. The molecule has 7 heteroatoms. The highest BCUT2D eigenvalue weighted by molar-refractivity contribution is 7.14. The van der Waals surface area contributed by atoms with Gasteiger partial charge >= 0.3 is 0 Å². The molecule has 134 valence electrons. The van der Waals surface area contributed by atoms with Gasteiger partial charge in [0.15, 0.2) is 11.2 Å². The number of aromatic nitrogens is 1. The number of anilines is 1. The number of ether oxygens (including phenoxy) is 1. The number of carbonyl (C=O) groups is 1. The summed E-state index contributed by atoms with van der Waals surface area (Å²) in [5.74, 6) is 0.0963. The molecule has 3 rings (SSSR count). The average Bonchev–Trinajstić information content (AvgIpc) is 3.06. The second-order valence-corrected chi connectivity index (χ2v) is 7.43. The van der Waals surface area contributed by atoms with Crippen LogP contribution in [0.15, 0.2) is 47.8 Å². The average molecular weight is 407 g/mol. The summed E-state index contributed by atoms with van der Waals surface area (Å²) in [7, 11) is 0. The minimum absolute atomic E-state index is 0.305. The summed E-state index contributed by atoms with van der Waals surface area (Å²) in [5.41, 5.74) is 3.01. The first-order valence-electron chi connectivity index (χ1n) is 7.87. The highest BCUT2D eigenvalue weighted by atomic mass is 35.5. The van der Waals surface area contributed by atoms with E-state index >= 15 is 0 Å². The molecular weight excluding hydrogens is 391 g/mol. The van der Waals surface area contributed by atoms with E-state index in [4.69, 9.17) is 27.9 Å². The standard InChI is InChI=1S/C19H16Cl2N2O2S/c1-11-3-5-13(6-4-11)16-10-26-19(22-16)23-18(24)12(2)25-17-8-7-14(20)9-15(17)21/h3-10,12H,1-2H3,(H,22,23,24). The van der Waals surface area contributed by atoms with E-state index in [1.165, 1.54) is 16.9 Å². The lowest BCUT2D eigenvalue weighted by atomic mass is 10.1. The van der Waals surface area contributed by atoms with E-state index in [0.29, 0.717) is 20.9 Å². The smallest absolute Gasteiger partial charge is 0.266 e. The second-order valence-electron chi connectivity index (χ2n) is 5.73. The van der Waals surface area contributed by atoms with Crippen molar-refractivity contribution in [3.8, 4) is 17.0 Å². The van der Waals surface area contributed by atoms with Crippen LogP contribution < -0.4 is 10.1 Å². The molecular formula is C19H16Cl2N2O2S. The van der Waals surface area contributed by atoms with Crippen LogP contribution in [0.25, 0.3) is 11.3 Å². The van der Waals surface area contributed by atoms with Crippen molar-refractivity contribution in [3.63, 3.8) is 0 Å². The van der Waals surface area contributed by atoms with E-state index in [0.717, 1.165) is 11.3 Å². The zero-order valence-corrected chi connectivity index (χ0v) is 16.5. The highest BCUT2D eigenvalue weighted by Crippen LogP contribution is 2.29.